The molecule has 0 aliphatic carbocycles. The standard InChI is InChI=1S/C14H18BrNO4.ClH/c1-14(2)7-20-13(17)16-12(14)8-5-9(18-3)11(15)10(6-8)19-4;/h5-6,12H,7H2,1-4H3,(H,16,17);1H/t12-;/m1./s1. The zero-order valence-electron chi connectivity index (χ0n) is 12.4. The average molecular weight is 381 g/mol. The molecule has 0 spiro atoms. The summed E-state index contributed by atoms with van der Waals surface area (Å²) in [7, 11) is 3.19. The van der Waals surface area contributed by atoms with Gasteiger partial charge in [-0.2, -0.15) is 0 Å². The van der Waals surface area contributed by atoms with Gasteiger partial charge in [-0.05, 0) is 33.6 Å². The molecular formula is C14H19BrClNO4. The third-order valence-corrected chi connectivity index (χ3v) is 4.20. The highest BCUT2D eigenvalue weighted by Crippen LogP contribution is 2.42. The van der Waals surface area contributed by atoms with E-state index in [9.17, 15) is 4.79 Å². The minimum atomic E-state index is -0.407. The van der Waals surface area contributed by atoms with E-state index in [2.05, 4.69) is 21.2 Å². The van der Waals surface area contributed by atoms with E-state index in [0.717, 1.165) is 10.0 Å². The van der Waals surface area contributed by atoms with Crippen LogP contribution in [0, 0.1) is 5.41 Å². The van der Waals surface area contributed by atoms with Gasteiger partial charge in [0.2, 0.25) is 0 Å². The molecule has 1 aromatic carbocycles. The first-order valence-electron chi connectivity index (χ1n) is 6.23. The van der Waals surface area contributed by atoms with Gasteiger partial charge >= 0.3 is 6.09 Å². The lowest BCUT2D eigenvalue weighted by molar-refractivity contribution is 0.0386. The summed E-state index contributed by atoms with van der Waals surface area (Å²) in [5.41, 5.74) is 0.696. The first kappa shape index (κ1) is 17.9. The number of nitrogens with one attached hydrogen (secondary N) is 1. The van der Waals surface area contributed by atoms with Crippen LogP contribution in [0.25, 0.3) is 0 Å². The zero-order chi connectivity index (χ0) is 14.9. The highest BCUT2D eigenvalue weighted by atomic mass is 79.9. The molecule has 1 aromatic rings. The normalized spacial score (nSPS) is 19.9. The number of benzene rings is 1. The average Bonchev–Trinajstić information content (AvgIpc) is 2.42. The van der Waals surface area contributed by atoms with Crippen molar-refractivity contribution in [2.24, 2.45) is 5.41 Å². The molecule has 1 N–H and O–H groups in total. The van der Waals surface area contributed by atoms with Gasteiger partial charge in [0.1, 0.15) is 22.6 Å². The van der Waals surface area contributed by atoms with E-state index in [1.807, 2.05) is 26.0 Å². The van der Waals surface area contributed by atoms with Crippen molar-refractivity contribution in [3.05, 3.63) is 22.2 Å². The number of hydrogen-bond acceptors (Lipinski definition) is 4. The van der Waals surface area contributed by atoms with Crippen molar-refractivity contribution >= 4 is 34.4 Å². The molecule has 1 atom stereocenters. The van der Waals surface area contributed by atoms with Crippen LogP contribution in [0.15, 0.2) is 16.6 Å². The lowest BCUT2D eigenvalue weighted by atomic mass is 9.80. The van der Waals surface area contributed by atoms with Gasteiger partial charge in [0.15, 0.2) is 0 Å². The van der Waals surface area contributed by atoms with Crippen LogP contribution >= 0.6 is 28.3 Å². The molecule has 1 saturated heterocycles. The summed E-state index contributed by atoms with van der Waals surface area (Å²) in [6.45, 7) is 4.44. The van der Waals surface area contributed by atoms with Crippen LogP contribution in [-0.4, -0.2) is 26.9 Å². The van der Waals surface area contributed by atoms with E-state index in [0.29, 0.717) is 18.1 Å². The van der Waals surface area contributed by atoms with Crippen molar-refractivity contribution in [3.8, 4) is 11.5 Å². The smallest absolute Gasteiger partial charge is 0.407 e. The third-order valence-electron chi connectivity index (χ3n) is 3.42. The Labute approximate surface area is 138 Å². The number of rotatable bonds is 3. The van der Waals surface area contributed by atoms with Gasteiger partial charge in [0.25, 0.3) is 0 Å². The van der Waals surface area contributed by atoms with Crippen molar-refractivity contribution in [2.75, 3.05) is 20.8 Å². The maximum absolute atomic E-state index is 11.5. The van der Waals surface area contributed by atoms with E-state index in [1.165, 1.54) is 0 Å². The molecule has 21 heavy (non-hydrogen) atoms. The lowest BCUT2D eigenvalue weighted by Crippen LogP contribution is -2.46. The molecule has 0 aromatic heterocycles. The Bertz CT molecular complexity index is 511. The summed E-state index contributed by atoms with van der Waals surface area (Å²) in [5, 5.41) is 2.86. The van der Waals surface area contributed by atoms with Crippen LogP contribution in [0.2, 0.25) is 0 Å². The second-order valence-electron chi connectivity index (χ2n) is 5.38. The molecule has 1 heterocycles. The first-order chi connectivity index (χ1) is 9.39. The quantitative estimate of drug-likeness (QED) is 0.869. The molecule has 1 amide bonds. The van der Waals surface area contributed by atoms with Gasteiger partial charge in [-0.25, -0.2) is 4.79 Å². The van der Waals surface area contributed by atoms with Crippen LogP contribution in [0.4, 0.5) is 4.79 Å². The highest BCUT2D eigenvalue weighted by Gasteiger charge is 2.38. The molecule has 7 heteroatoms. The van der Waals surface area contributed by atoms with Crippen molar-refractivity contribution < 1.29 is 19.0 Å². The van der Waals surface area contributed by atoms with Crippen LogP contribution < -0.4 is 14.8 Å². The monoisotopic (exact) mass is 379 g/mol. The number of cyclic esters (lactones) is 1. The number of carbonyl (C=O) groups excluding carboxylic acids is 1. The van der Waals surface area contributed by atoms with Crippen LogP contribution in [0.1, 0.15) is 25.5 Å². The largest absolute Gasteiger partial charge is 0.495 e. The Kier molecular flexibility index (Phi) is 5.75. The maximum Gasteiger partial charge on any atom is 0.407 e. The molecule has 1 aliphatic rings. The summed E-state index contributed by atoms with van der Waals surface area (Å²) in [5.74, 6) is 1.33. The summed E-state index contributed by atoms with van der Waals surface area (Å²) in [4.78, 5) is 11.5. The molecule has 0 unspecified atom stereocenters. The Hall–Kier alpha value is -1.14. The molecular weight excluding hydrogens is 362 g/mol. The number of halogens is 2. The van der Waals surface area contributed by atoms with E-state index in [1.54, 1.807) is 14.2 Å². The molecule has 0 saturated carbocycles. The number of carbonyl (C=O) groups is 1. The zero-order valence-corrected chi connectivity index (χ0v) is 14.8. The Balaban J connectivity index is 0.00000220. The Morgan fingerprint density at radius 3 is 2.29 bits per heavy atom. The van der Waals surface area contributed by atoms with Crippen LogP contribution in [-0.2, 0) is 4.74 Å². The number of ether oxygens (including phenoxy) is 3. The summed E-state index contributed by atoms with van der Waals surface area (Å²) < 4.78 is 16.5. The fourth-order valence-electron chi connectivity index (χ4n) is 2.28. The lowest BCUT2D eigenvalue weighted by Gasteiger charge is -2.38. The molecule has 118 valence electrons. The minimum absolute atomic E-state index is 0. The van der Waals surface area contributed by atoms with Gasteiger partial charge in [-0.1, -0.05) is 13.8 Å². The van der Waals surface area contributed by atoms with Crippen molar-refractivity contribution in [2.45, 2.75) is 19.9 Å². The molecule has 1 fully saturated rings. The van der Waals surface area contributed by atoms with E-state index in [4.69, 9.17) is 14.2 Å². The second-order valence-corrected chi connectivity index (χ2v) is 6.17. The topological polar surface area (TPSA) is 56.8 Å². The van der Waals surface area contributed by atoms with Gasteiger partial charge in [-0.3, -0.25) is 0 Å². The fourth-order valence-corrected chi connectivity index (χ4v) is 2.83. The Morgan fingerprint density at radius 2 is 1.81 bits per heavy atom. The van der Waals surface area contributed by atoms with Crippen LogP contribution in [0.5, 0.6) is 11.5 Å². The Morgan fingerprint density at radius 1 is 1.29 bits per heavy atom. The fraction of sp³-hybridized carbons (Fsp3) is 0.500. The molecule has 0 radical (unpaired) electrons. The molecule has 1 aliphatic heterocycles. The van der Waals surface area contributed by atoms with Crippen LogP contribution in [0.3, 0.4) is 0 Å². The summed E-state index contributed by atoms with van der Waals surface area (Å²) >= 11 is 3.44. The van der Waals surface area contributed by atoms with Crippen molar-refractivity contribution in [1.29, 1.82) is 0 Å². The van der Waals surface area contributed by atoms with E-state index >= 15 is 0 Å². The summed E-state index contributed by atoms with van der Waals surface area (Å²) in [6.07, 6.45) is -0.407. The SMILES string of the molecule is COc1cc([C@H]2NC(=O)OCC2(C)C)cc(OC)c1Br.Cl. The van der Waals surface area contributed by atoms with Gasteiger partial charge in [-0.15, -0.1) is 12.4 Å². The number of alkyl carbamates (subject to hydrolysis) is 1. The number of methoxy groups -OCH3 is 2. The minimum Gasteiger partial charge on any atom is -0.495 e. The van der Waals surface area contributed by atoms with Gasteiger partial charge < -0.3 is 19.5 Å². The molecule has 0 bridgehead atoms. The number of amides is 1. The maximum atomic E-state index is 11.5. The second kappa shape index (κ2) is 6.75. The first-order valence-corrected chi connectivity index (χ1v) is 7.03. The van der Waals surface area contributed by atoms with E-state index < -0.39 is 6.09 Å². The van der Waals surface area contributed by atoms with Crippen molar-refractivity contribution in [1.82, 2.24) is 5.32 Å². The number of hydrogen-bond donors (Lipinski definition) is 1. The van der Waals surface area contributed by atoms with E-state index in [-0.39, 0.29) is 23.9 Å². The summed E-state index contributed by atoms with van der Waals surface area (Å²) in [6, 6.07) is 3.62. The van der Waals surface area contributed by atoms with Crippen molar-refractivity contribution in [3.63, 3.8) is 0 Å². The highest BCUT2D eigenvalue weighted by molar-refractivity contribution is 9.10. The molecule has 5 nitrogen and oxygen atoms in total. The van der Waals surface area contributed by atoms with Gasteiger partial charge in [0, 0.05) is 5.41 Å². The molecule has 2 rings (SSSR count). The van der Waals surface area contributed by atoms with Gasteiger partial charge in [0.05, 0.1) is 20.3 Å². The predicted molar refractivity (Wildman–Crippen MR) is 85.5 cm³/mol. The predicted octanol–water partition coefficient (Wildman–Crippen LogP) is 3.70. The third kappa shape index (κ3) is 3.55.